The Kier molecular flexibility index (Phi) is 3.29. The second kappa shape index (κ2) is 4.57. The van der Waals surface area contributed by atoms with Crippen LogP contribution in [0.2, 0.25) is 0 Å². The van der Waals surface area contributed by atoms with Crippen molar-refractivity contribution < 1.29 is 40.6 Å². The Morgan fingerprint density at radius 3 is 1.24 bits per heavy atom. The van der Waals surface area contributed by atoms with Crippen LogP contribution in [0.5, 0.6) is 0 Å². The summed E-state index contributed by atoms with van der Waals surface area (Å²) in [6.07, 6.45) is 0. The Morgan fingerprint density at radius 2 is 0.882 bits per heavy atom. The zero-order valence-electron chi connectivity index (χ0n) is 10.4. The van der Waals surface area contributed by atoms with E-state index in [0.29, 0.717) is 11.1 Å². The van der Waals surface area contributed by atoms with E-state index in [2.05, 4.69) is 0 Å². The second-order valence-electron chi connectivity index (χ2n) is 3.75. The predicted octanol–water partition coefficient (Wildman–Crippen LogP) is -0.151. The van der Waals surface area contributed by atoms with Gasteiger partial charge in [-0.1, -0.05) is 48.5 Å². The van der Waals surface area contributed by atoms with Crippen LogP contribution in [0.1, 0.15) is 22.1 Å². The fourth-order valence-corrected chi connectivity index (χ4v) is 2.08. The van der Waals surface area contributed by atoms with Gasteiger partial charge >= 0.3 is 29.6 Å². The molecule has 2 aromatic rings. The van der Waals surface area contributed by atoms with Gasteiger partial charge in [0.1, 0.15) is 0 Å². The molecular weight excluding hydrogens is 223 g/mol. The number of Topliss-reactive ketones (excluding diaryl/α,β-unsaturated/α-hetero) is 2. The summed E-state index contributed by atoms with van der Waals surface area (Å²) in [5.41, 5.74) is 2.71. The van der Waals surface area contributed by atoms with E-state index in [1.807, 2.05) is 24.3 Å². The number of fused-ring (bicyclic) bond motifs is 3. The SMILES string of the molecule is O=C1C(=O)c2ccccc2-c2ccccc21.[H-].[Na+]. The smallest absolute Gasteiger partial charge is 1.00 e. The molecule has 0 saturated heterocycles. The molecule has 3 rings (SSSR count). The summed E-state index contributed by atoms with van der Waals surface area (Å²) in [6, 6.07) is 14.4. The van der Waals surface area contributed by atoms with E-state index in [-0.39, 0.29) is 31.0 Å². The number of hydrogen-bond acceptors (Lipinski definition) is 2. The Bertz CT molecular complexity index is 567. The summed E-state index contributed by atoms with van der Waals surface area (Å²) in [5, 5.41) is 0. The molecule has 0 unspecified atom stereocenters. The van der Waals surface area contributed by atoms with Gasteiger partial charge in [0.25, 0.3) is 0 Å². The van der Waals surface area contributed by atoms with E-state index in [1.165, 1.54) is 0 Å². The third-order valence-electron chi connectivity index (χ3n) is 2.84. The molecule has 0 atom stereocenters. The monoisotopic (exact) mass is 232 g/mol. The van der Waals surface area contributed by atoms with Crippen LogP contribution in [0, 0.1) is 0 Å². The van der Waals surface area contributed by atoms with Gasteiger partial charge in [-0.25, -0.2) is 0 Å². The summed E-state index contributed by atoms with van der Waals surface area (Å²) in [5.74, 6) is -0.816. The van der Waals surface area contributed by atoms with Crippen molar-refractivity contribution in [1.82, 2.24) is 0 Å². The van der Waals surface area contributed by atoms with E-state index in [4.69, 9.17) is 0 Å². The molecule has 0 saturated carbocycles. The number of ketones is 2. The summed E-state index contributed by atoms with van der Waals surface area (Å²) in [7, 11) is 0. The Hall–Kier alpha value is -1.22. The fourth-order valence-electron chi connectivity index (χ4n) is 2.08. The molecule has 0 amide bonds. The molecular formula is C14H9NaO2. The summed E-state index contributed by atoms with van der Waals surface area (Å²) in [4.78, 5) is 23.7. The van der Waals surface area contributed by atoms with E-state index >= 15 is 0 Å². The van der Waals surface area contributed by atoms with Crippen LogP contribution in [0.15, 0.2) is 48.5 Å². The predicted molar refractivity (Wildman–Crippen MR) is 61.7 cm³/mol. The molecule has 0 fully saturated rings. The van der Waals surface area contributed by atoms with Crippen molar-refractivity contribution in [3.05, 3.63) is 59.7 Å². The maximum absolute atomic E-state index is 11.8. The van der Waals surface area contributed by atoms with E-state index in [1.54, 1.807) is 24.3 Å². The van der Waals surface area contributed by atoms with Crippen LogP contribution < -0.4 is 29.6 Å². The minimum Gasteiger partial charge on any atom is -1.00 e. The molecule has 0 aromatic heterocycles. The summed E-state index contributed by atoms with van der Waals surface area (Å²) >= 11 is 0. The van der Waals surface area contributed by atoms with Crippen molar-refractivity contribution >= 4 is 11.6 Å². The number of carbonyl (C=O) groups excluding carboxylic acids is 2. The van der Waals surface area contributed by atoms with Gasteiger partial charge in [0, 0.05) is 11.1 Å². The van der Waals surface area contributed by atoms with Crippen LogP contribution in [0.4, 0.5) is 0 Å². The second-order valence-corrected chi connectivity index (χ2v) is 3.75. The van der Waals surface area contributed by atoms with Crippen LogP contribution in [0.25, 0.3) is 11.1 Å². The third kappa shape index (κ3) is 1.78. The standard InChI is InChI=1S/C14H8O2.Na.H/c15-13-11-7-3-1-5-9(11)10-6-2-4-8-12(10)14(13)16;;/h1-8H;;/q;+1;-1. The van der Waals surface area contributed by atoms with E-state index in [0.717, 1.165) is 11.1 Å². The van der Waals surface area contributed by atoms with Crippen molar-refractivity contribution in [3.8, 4) is 11.1 Å². The van der Waals surface area contributed by atoms with Crippen molar-refractivity contribution in [2.45, 2.75) is 0 Å². The van der Waals surface area contributed by atoms with Gasteiger partial charge in [-0.2, -0.15) is 0 Å². The largest absolute Gasteiger partial charge is 1.00 e. The number of carbonyl (C=O) groups is 2. The molecule has 3 heteroatoms. The quantitative estimate of drug-likeness (QED) is 0.467. The Morgan fingerprint density at radius 1 is 0.588 bits per heavy atom. The van der Waals surface area contributed by atoms with Crippen molar-refractivity contribution in [3.63, 3.8) is 0 Å². The third-order valence-corrected chi connectivity index (χ3v) is 2.84. The zero-order valence-corrected chi connectivity index (χ0v) is 11.4. The summed E-state index contributed by atoms with van der Waals surface area (Å²) < 4.78 is 0. The number of rotatable bonds is 0. The molecule has 0 bridgehead atoms. The molecule has 0 radical (unpaired) electrons. The molecule has 0 N–H and O–H groups in total. The van der Waals surface area contributed by atoms with Crippen molar-refractivity contribution in [1.29, 1.82) is 0 Å². The first-order valence-corrected chi connectivity index (χ1v) is 5.06. The molecule has 2 aromatic carbocycles. The fraction of sp³-hybridized carbons (Fsp3) is 0. The number of hydrogen-bond donors (Lipinski definition) is 0. The molecule has 17 heavy (non-hydrogen) atoms. The maximum Gasteiger partial charge on any atom is 1.00 e. The van der Waals surface area contributed by atoms with Gasteiger partial charge in [0.15, 0.2) is 0 Å². The first-order chi connectivity index (χ1) is 7.79. The topological polar surface area (TPSA) is 34.1 Å². The minimum atomic E-state index is -0.408. The first kappa shape index (κ1) is 12.2. The van der Waals surface area contributed by atoms with Crippen LogP contribution in [-0.2, 0) is 0 Å². The van der Waals surface area contributed by atoms with E-state index < -0.39 is 11.6 Å². The van der Waals surface area contributed by atoms with Gasteiger partial charge in [-0.05, 0) is 11.1 Å². The van der Waals surface area contributed by atoms with Crippen LogP contribution >= 0.6 is 0 Å². The van der Waals surface area contributed by atoms with Crippen LogP contribution in [-0.4, -0.2) is 11.6 Å². The molecule has 1 aliphatic carbocycles. The molecule has 1 aliphatic rings. The van der Waals surface area contributed by atoms with E-state index in [9.17, 15) is 9.59 Å². The van der Waals surface area contributed by atoms with Crippen LogP contribution in [0.3, 0.4) is 0 Å². The summed E-state index contributed by atoms with van der Waals surface area (Å²) in [6.45, 7) is 0. The Balaban J connectivity index is 0.000000810. The van der Waals surface area contributed by atoms with Gasteiger partial charge in [0.2, 0.25) is 11.6 Å². The number of benzene rings is 2. The Labute approximate surface area is 122 Å². The molecule has 2 nitrogen and oxygen atoms in total. The normalized spacial score (nSPS) is 12.5. The molecule has 0 aliphatic heterocycles. The van der Waals surface area contributed by atoms with Gasteiger partial charge < -0.3 is 1.43 Å². The molecule has 0 heterocycles. The van der Waals surface area contributed by atoms with Crippen molar-refractivity contribution in [2.24, 2.45) is 0 Å². The van der Waals surface area contributed by atoms with Crippen molar-refractivity contribution in [2.75, 3.05) is 0 Å². The molecule has 0 spiro atoms. The molecule has 78 valence electrons. The zero-order chi connectivity index (χ0) is 11.1. The van der Waals surface area contributed by atoms with Gasteiger partial charge in [-0.15, -0.1) is 0 Å². The average Bonchev–Trinajstić information content (AvgIpc) is 2.36. The average molecular weight is 232 g/mol. The maximum atomic E-state index is 11.8. The first-order valence-electron chi connectivity index (χ1n) is 5.06. The minimum absolute atomic E-state index is 0. The van der Waals surface area contributed by atoms with Gasteiger partial charge in [0.05, 0.1) is 0 Å². The van der Waals surface area contributed by atoms with Gasteiger partial charge in [-0.3, -0.25) is 9.59 Å².